The quantitative estimate of drug-likeness (QED) is 0.859. The first-order valence-electron chi connectivity index (χ1n) is 6.75. The summed E-state index contributed by atoms with van der Waals surface area (Å²) < 4.78 is 6.75. The van der Waals surface area contributed by atoms with Gasteiger partial charge in [-0.05, 0) is 18.6 Å². The highest BCUT2D eigenvalue weighted by atomic mass is 16.5. The Labute approximate surface area is 127 Å². The third kappa shape index (κ3) is 2.04. The molecule has 0 fully saturated rings. The number of hydrogen-bond donors (Lipinski definition) is 1. The molecular weight excluding hydrogens is 280 g/mol. The number of carbonyl (C=O) groups excluding carboxylic acids is 1. The Morgan fingerprint density at radius 3 is 2.95 bits per heavy atom. The van der Waals surface area contributed by atoms with Crippen molar-refractivity contribution < 1.29 is 9.53 Å². The van der Waals surface area contributed by atoms with Gasteiger partial charge in [-0.3, -0.25) is 0 Å². The van der Waals surface area contributed by atoms with Gasteiger partial charge in [0.15, 0.2) is 0 Å². The molecule has 0 saturated heterocycles. The molecule has 0 bridgehead atoms. The van der Waals surface area contributed by atoms with Crippen LogP contribution in [0.15, 0.2) is 47.9 Å². The summed E-state index contributed by atoms with van der Waals surface area (Å²) in [4.78, 5) is 16.5. The highest BCUT2D eigenvalue weighted by Crippen LogP contribution is 2.37. The molecule has 0 saturated carbocycles. The molecular formula is C16H14N4O2. The maximum absolute atomic E-state index is 12.3. The molecule has 0 amide bonds. The van der Waals surface area contributed by atoms with Crippen molar-refractivity contribution in [1.29, 1.82) is 5.26 Å². The van der Waals surface area contributed by atoms with E-state index in [4.69, 9.17) is 4.74 Å². The molecule has 110 valence electrons. The minimum atomic E-state index is -0.443. The van der Waals surface area contributed by atoms with Crippen LogP contribution in [0.2, 0.25) is 0 Å². The molecule has 6 heteroatoms. The molecule has 22 heavy (non-hydrogen) atoms. The van der Waals surface area contributed by atoms with E-state index in [1.54, 1.807) is 31.5 Å². The lowest BCUT2D eigenvalue weighted by Gasteiger charge is -2.29. The molecule has 0 radical (unpaired) electrons. The van der Waals surface area contributed by atoms with Gasteiger partial charge in [-0.1, -0.05) is 18.2 Å². The number of nitrogens with zero attached hydrogens (tertiary/aromatic N) is 3. The van der Waals surface area contributed by atoms with E-state index in [-0.39, 0.29) is 0 Å². The van der Waals surface area contributed by atoms with Gasteiger partial charge in [0.1, 0.15) is 0 Å². The minimum absolute atomic E-state index is 0.429. The predicted octanol–water partition coefficient (Wildman–Crippen LogP) is 2.22. The predicted molar refractivity (Wildman–Crippen MR) is 79.9 cm³/mol. The average Bonchev–Trinajstić information content (AvgIpc) is 3.00. The molecule has 1 aliphatic heterocycles. The zero-order valence-corrected chi connectivity index (χ0v) is 12.2. The van der Waals surface area contributed by atoms with Crippen molar-refractivity contribution in [1.82, 2.24) is 9.55 Å². The maximum Gasteiger partial charge on any atom is 0.337 e. The summed E-state index contributed by atoms with van der Waals surface area (Å²) in [6.07, 6.45) is 3.42. The largest absolute Gasteiger partial charge is 0.466 e. The van der Waals surface area contributed by atoms with Crippen molar-refractivity contribution >= 4 is 11.9 Å². The van der Waals surface area contributed by atoms with Crippen molar-refractivity contribution in [3.05, 3.63) is 59.1 Å². The van der Waals surface area contributed by atoms with Crippen LogP contribution in [0, 0.1) is 11.3 Å². The van der Waals surface area contributed by atoms with Crippen molar-refractivity contribution in [3.8, 4) is 6.07 Å². The Hall–Kier alpha value is -3.07. The van der Waals surface area contributed by atoms with Crippen LogP contribution < -0.4 is 5.32 Å². The Balaban J connectivity index is 2.26. The van der Waals surface area contributed by atoms with E-state index >= 15 is 0 Å². The second kappa shape index (κ2) is 5.37. The van der Waals surface area contributed by atoms with Gasteiger partial charge in [-0.25, -0.2) is 9.78 Å². The number of nitriles is 1. The summed E-state index contributed by atoms with van der Waals surface area (Å²) >= 11 is 0. The first-order valence-corrected chi connectivity index (χ1v) is 6.75. The number of rotatable bonds is 2. The molecule has 6 nitrogen and oxygen atoms in total. The van der Waals surface area contributed by atoms with Crippen LogP contribution in [0.5, 0.6) is 0 Å². The number of anilines is 1. The molecule has 1 aromatic carbocycles. The molecule has 0 spiro atoms. The van der Waals surface area contributed by atoms with Crippen LogP contribution in [-0.4, -0.2) is 22.6 Å². The lowest BCUT2D eigenvalue weighted by atomic mass is 9.92. The number of esters is 1. The van der Waals surface area contributed by atoms with Crippen LogP contribution in [0.25, 0.3) is 0 Å². The van der Waals surface area contributed by atoms with Crippen LogP contribution in [0.1, 0.15) is 24.1 Å². The first kappa shape index (κ1) is 13.9. The van der Waals surface area contributed by atoms with Gasteiger partial charge in [0.05, 0.1) is 30.4 Å². The lowest BCUT2D eigenvalue weighted by molar-refractivity contribution is -0.136. The highest BCUT2D eigenvalue weighted by Gasteiger charge is 2.33. The number of ether oxygens (including phenoxy) is 1. The molecule has 2 aromatic rings. The van der Waals surface area contributed by atoms with Crippen molar-refractivity contribution in [2.45, 2.75) is 13.0 Å². The number of imidazole rings is 1. The fraction of sp³-hybridized carbons (Fsp3) is 0.188. The smallest absolute Gasteiger partial charge is 0.337 e. The second-order valence-corrected chi connectivity index (χ2v) is 4.91. The number of nitrogens with one attached hydrogen (secondary N) is 1. The SMILES string of the molecule is COC(=O)C1=C(C)Nc2nccn2C1c1ccccc1C#N. The zero-order valence-electron chi connectivity index (χ0n) is 12.2. The summed E-state index contributed by atoms with van der Waals surface area (Å²) in [5, 5.41) is 12.5. The normalized spacial score (nSPS) is 16.5. The summed E-state index contributed by atoms with van der Waals surface area (Å²) in [6.45, 7) is 1.80. The number of allylic oxidation sites excluding steroid dienone is 1. The number of carbonyl (C=O) groups is 1. The Bertz CT molecular complexity index is 814. The Kier molecular flexibility index (Phi) is 3.39. The number of methoxy groups -OCH3 is 1. The third-order valence-corrected chi connectivity index (χ3v) is 3.70. The second-order valence-electron chi connectivity index (χ2n) is 4.91. The Morgan fingerprint density at radius 2 is 2.23 bits per heavy atom. The van der Waals surface area contributed by atoms with E-state index in [0.29, 0.717) is 22.8 Å². The molecule has 1 atom stereocenters. The standard InChI is InChI=1S/C16H14N4O2/c1-10-13(15(21)22-2)14(20-8-7-18-16(20)19-10)12-6-4-3-5-11(12)9-17/h3-8,14H,1-2H3,(H,18,19). The number of aromatic nitrogens is 2. The van der Waals surface area contributed by atoms with E-state index in [1.807, 2.05) is 16.7 Å². The van der Waals surface area contributed by atoms with Gasteiger partial charge >= 0.3 is 5.97 Å². The molecule has 1 aromatic heterocycles. The van der Waals surface area contributed by atoms with Gasteiger partial charge in [-0.15, -0.1) is 0 Å². The van der Waals surface area contributed by atoms with Gasteiger partial charge in [0.2, 0.25) is 5.95 Å². The summed E-state index contributed by atoms with van der Waals surface area (Å²) in [5.41, 5.74) is 2.40. The Morgan fingerprint density at radius 1 is 1.45 bits per heavy atom. The monoisotopic (exact) mass is 294 g/mol. The van der Waals surface area contributed by atoms with Gasteiger partial charge in [-0.2, -0.15) is 5.26 Å². The van der Waals surface area contributed by atoms with Crippen molar-refractivity contribution in [3.63, 3.8) is 0 Å². The van der Waals surface area contributed by atoms with E-state index < -0.39 is 12.0 Å². The zero-order chi connectivity index (χ0) is 15.7. The van der Waals surface area contributed by atoms with Crippen molar-refractivity contribution in [2.24, 2.45) is 0 Å². The van der Waals surface area contributed by atoms with Gasteiger partial charge in [0, 0.05) is 18.1 Å². The van der Waals surface area contributed by atoms with E-state index in [0.717, 1.165) is 5.56 Å². The number of benzene rings is 1. The fourth-order valence-electron chi connectivity index (χ4n) is 2.71. The minimum Gasteiger partial charge on any atom is -0.466 e. The van der Waals surface area contributed by atoms with Gasteiger partial charge in [0.25, 0.3) is 0 Å². The van der Waals surface area contributed by atoms with Crippen LogP contribution in [-0.2, 0) is 9.53 Å². The summed E-state index contributed by atoms with van der Waals surface area (Å²) in [6, 6.07) is 8.96. The third-order valence-electron chi connectivity index (χ3n) is 3.70. The van der Waals surface area contributed by atoms with Crippen LogP contribution in [0.3, 0.4) is 0 Å². The number of fused-ring (bicyclic) bond motifs is 1. The van der Waals surface area contributed by atoms with Crippen molar-refractivity contribution in [2.75, 3.05) is 12.4 Å². The molecule has 1 N–H and O–H groups in total. The average molecular weight is 294 g/mol. The summed E-state index contributed by atoms with van der Waals surface area (Å²) in [5.74, 6) is 0.199. The lowest BCUT2D eigenvalue weighted by Crippen LogP contribution is -2.28. The van der Waals surface area contributed by atoms with Crippen LogP contribution >= 0.6 is 0 Å². The highest BCUT2D eigenvalue weighted by molar-refractivity contribution is 5.92. The molecule has 0 aliphatic carbocycles. The van der Waals surface area contributed by atoms with E-state index in [1.165, 1.54) is 7.11 Å². The van der Waals surface area contributed by atoms with Gasteiger partial charge < -0.3 is 14.6 Å². The first-order chi connectivity index (χ1) is 10.7. The number of hydrogen-bond acceptors (Lipinski definition) is 5. The molecule has 1 aliphatic rings. The van der Waals surface area contributed by atoms with E-state index in [2.05, 4.69) is 16.4 Å². The molecule has 1 unspecified atom stereocenters. The maximum atomic E-state index is 12.3. The molecule has 2 heterocycles. The van der Waals surface area contributed by atoms with Crippen LogP contribution in [0.4, 0.5) is 5.95 Å². The fourth-order valence-corrected chi connectivity index (χ4v) is 2.71. The summed E-state index contributed by atoms with van der Waals surface area (Å²) in [7, 11) is 1.35. The van der Waals surface area contributed by atoms with E-state index in [9.17, 15) is 10.1 Å². The topological polar surface area (TPSA) is 79.9 Å². The molecule has 3 rings (SSSR count).